The van der Waals surface area contributed by atoms with Crippen LogP contribution < -0.4 is 10.6 Å². The van der Waals surface area contributed by atoms with E-state index in [1.54, 1.807) is 24.5 Å². The Morgan fingerprint density at radius 3 is 2.60 bits per heavy atom. The third-order valence-electron chi connectivity index (χ3n) is 2.66. The molecule has 2 rings (SSSR count). The van der Waals surface area contributed by atoms with Crippen molar-refractivity contribution in [2.24, 2.45) is 0 Å². The first-order valence-electron chi connectivity index (χ1n) is 6.54. The number of carbonyl (C=O) groups is 1. The lowest BCUT2D eigenvalue weighted by Gasteiger charge is -2.06. The standard InChI is InChI=1S/C14H17N5O/c1-2-7-16-14(20)12-3-4-13(19-18-12)17-10-11-5-8-15-9-6-11/h3-6,8-9H,2,7,10H2,1H3,(H,16,20)(H,17,19). The molecular weight excluding hydrogens is 254 g/mol. The van der Waals surface area contributed by atoms with Gasteiger partial charge in [0.15, 0.2) is 5.69 Å². The molecule has 20 heavy (non-hydrogen) atoms. The van der Waals surface area contributed by atoms with E-state index in [9.17, 15) is 4.79 Å². The molecule has 6 heteroatoms. The Labute approximate surface area is 117 Å². The maximum absolute atomic E-state index is 11.7. The number of aromatic nitrogens is 3. The lowest BCUT2D eigenvalue weighted by atomic mass is 10.3. The molecule has 0 saturated heterocycles. The van der Waals surface area contributed by atoms with Gasteiger partial charge in [0.25, 0.3) is 5.91 Å². The lowest BCUT2D eigenvalue weighted by molar-refractivity contribution is 0.0947. The molecular formula is C14H17N5O. The number of nitrogens with one attached hydrogen (secondary N) is 2. The minimum atomic E-state index is -0.194. The highest BCUT2D eigenvalue weighted by molar-refractivity contribution is 5.92. The Morgan fingerprint density at radius 2 is 1.95 bits per heavy atom. The zero-order chi connectivity index (χ0) is 14.2. The highest BCUT2D eigenvalue weighted by atomic mass is 16.1. The number of hydrogen-bond acceptors (Lipinski definition) is 5. The summed E-state index contributed by atoms with van der Waals surface area (Å²) in [7, 11) is 0. The number of rotatable bonds is 6. The van der Waals surface area contributed by atoms with Crippen molar-refractivity contribution in [3.05, 3.63) is 47.9 Å². The van der Waals surface area contributed by atoms with Crippen molar-refractivity contribution in [3.63, 3.8) is 0 Å². The quantitative estimate of drug-likeness (QED) is 0.834. The van der Waals surface area contributed by atoms with Gasteiger partial charge in [0, 0.05) is 25.5 Å². The zero-order valence-corrected chi connectivity index (χ0v) is 11.3. The summed E-state index contributed by atoms with van der Waals surface area (Å²) in [4.78, 5) is 15.6. The second kappa shape index (κ2) is 7.18. The molecule has 2 aromatic heterocycles. The molecule has 0 fully saturated rings. The van der Waals surface area contributed by atoms with Crippen LogP contribution in [0.25, 0.3) is 0 Å². The van der Waals surface area contributed by atoms with Crippen LogP contribution in [0.4, 0.5) is 5.82 Å². The summed E-state index contributed by atoms with van der Waals surface area (Å²) in [5, 5.41) is 13.8. The first-order valence-corrected chi connectivity index (χ1v) is 6.54. The van der Waals surface area contributed by atoms with Gasteiger partial charge in [-0.1, -0.05) is 6.92 Å². The molecule has 0 unspecified atom stereocenters. The summed E-state index contributed by atoms with van der Waals surface area (Å²) in [6.07, 6.45) is 4.37. The van der Waals surface area contributed by atoms with E-state index < -0.39 is 0 Å². The molecule has 0 radical (unpaired) electrons. The van der Waals surface area contributed by atoms with Crippen LogP contribution in [0.3, 0.4) is 0 Å². The second-order valence-corrected chi connectivity index (χ2v) is 4.27. The Hall–Kier alpha value is -2.50. The van der Waals surface area contributed by atoms with Gasteiger partial charge >= 0.3 is 0 Å². The number of anilines is 1. The van der Waals surface area contributed by atoms with Gasteiger partial charge in [-0.15, -0.1) is 10.2 Å². The summed E-state index contributed by atoms with van der Waals surface area (Å²) >= 11 is 0. The summed E-state index contributed by atoms with van der Waals surface area (Å²) in [6, 6.07) is 7.25. The van der Waals surface area contributed by atoms with Crippen LogP contribution >= 0.6 is 0 Å². The van der Waals surface area contributed by atoms with Crippen molar-refractivity contribution >= 4 is 11.7 Å². The van der Waals surface area contributed by atoms with E-state index in [0.29, 0.717) is 24.6 Å². The van der Waals surface area contributed by atoms with E-state index in [1.807, 2.05) is 19.1 Å². The minimum absolute atomic E-state index is 0.194. The molecule has 104 valence electrons. The molecule has 0 saturated carbocycles. The van der Waals surface area contributed by atoms with E-state index in [4.69, 9.17) is 0 Å². The first-order chi connectivity index (χ1) is 9.79. The highest BCUT2D eigenvalue weighted by Crippen LogP contribution is 2.05. The Bertz CT molecular complexity index is 541. The molecule has 0 aliphatic carbocycles. The minimum Gasteiger partial charge on any atom is -0.365 e. The van der Waals surface area contributed by atoms with Crippen LogP contribution in [0.15, 0.2) is 36.7 Å². The number of amides is 1. The van der Waals surface area contributed by atoms with Crippen molar-refractivity contribution in [1.82, 2.24) is 20.5 Å². The molecule has 2 aromatic rings. The third kappa shape index (κ3) is 4.01. The Balaban J connectivity index is 1.90. The fourth-order valence-electron chi connectivity index (χ4n) is 1.57. The summed E-state index contributed by atoms with van der Waals surface area (Å²) in [5.41, 5.74) is 1.43. The maximum atomic E-state index is 11.7. The largest absolute Gasteiger partial charge is 0.365 e. The van der Waals surface area contributed by atoms with Gasteiger partial charge in [-0.05, 0) is 36.2 Å². The number of hydrogen-bond donors (Lipinski definition) is 2. The van der Waals surface area contributed by atoms with Crippen LogP contribution in [0.2, 0.25) is 0 Å². The second-order valence-electron chi connectivity index (χ2n) is 4.27. The molecule has 1 amide bonds. The van der Waals surface area contributed by atoms with E-state index in [1.165, 1.54) is 0 Å². The van der Waals surface area contributed by atoms with Crippen molar-refractivity contribution in [2.75, 3.05) is 11.9 Å². The van der Waals surface area contributed by atoms with E-state index >= 15 is 0 Å². The molecule has 2 N–H and O–H groups in total. The SMILES string of the molecule is CCCNC(=O)c1ccc(NCc2ccncc2)nn1. The highest BCUT2D eigenvalue weighted by Gasteiger charge is 2.06. The van der Waals surface area contributed by atoms with Crippen LogP contribution in [0, 0.1) is 0 Å². The molecule has 0 aromatic carbocycles. The number of carbonyl (C=O) groups excluding carboxylic acids is 1. The lowest BCUT2D eigenvalue weighted by Crippen LogP contribution is -2.25. The number of pyridine rings is 1. The molecule has 0 bridgehead atoms. The predicted octanol–water partition coefficient (Wildman–Crippen LogP) is 1.62. The average Bonchev–Trinajstić information content (AvgIpc) is 2.52. The molecule has 6 nitrogen and oxygen atoms in total. The van der Waals surface area contributed by atoms with Crippen LogP contribution in [-0.2, 0) is 6.54 Å². The van der Waals surface area contributed by atoms with Crippen molar-refractivity contribution in [3.8, 4) is 0 Å². The first kappa shape index (κ1) is 13.9. The van der Waals surface area contributed by atoms with E-state index in [0.717, 1.165) is 12.0 Å². The Morgan fingerprint density at radius 1 is 1.15 bits per heavy atom. The predicted molar refractivity (Wildman–Crippen MR) is 76.2 cm³/mol. The summed E-state index contributed by atoms with van der Waals surface area (Å²) in [5.74, 6) is 0.439. The maximum Gasteiger partial charge on any atom is 0.271 e. The smallest absolute Gasteiger partial charge is 0.271 e. The van der Waals surface area contributed by atoms with Crippen molar-refractivity contribution < 1.29 is 4.79 Å². The molecule has 0 spiro atoms. The van der Waals surface area contributed by atoms with Crippen LogP contribution in [-0.4, -0.2) is 27.6 Å². The van der Waals surface area contributed by atoms with Crippen molar-refractivity contribution in [1.29, 1.82) is 0 Å². The zero-order valence-electron chi connectivity index (χ0n) is 11.3. The number of nitrogens with zero attached hydrogens (tertiary/aromatic N) is 3. The molecule has 2 heterocycles. The van der Waals surface area contributed by atoms with Crippen LogP contribution in [0.5, 0.6) is 0 Å². The van der Waals surface area contributed by atoms with Crippen molar-refractivity contribution in [2.45, 2.75) is 19.9 Å². The van der Waals surface area contributed by atoms with Gasteiger partial charge < -0.3 is 10.6 Å². The summed E-state index contributed by atoms with van der Waals surface area (Å²) < 4.78 is 0. The van der Waals surface area contributed by atoms with Gasteiger partial charge in [-0.2, -0.15) is 0 Å². The summed E-state index contributed by atoms with van der Waals surface area (Å²) in [6.45, 7) is 3.28. The Kier molecular flexibility index (Phi) is 5.00. The fraction of sp³-hybridized carbons (Fsp3) is 0.286. The van der Waals surface area contributed by atoms with Crippen LogP contribution in [0.1, 0.15) is 29.4 Å². The van der Waals surface area contributed by atoms with Gasteiger partial charge in [-0.25, -0.2) is 0 Å². The normalized spacial score (nSPS) is 10.1. The van der Waals surface area contributed by atoms with Gasteiger partial charge in [0.05, 0.1) is 0 Å². The average molecular weight is 271 g/mol. The molecule has 0 aliphatic rings. The third-order valence-corrected chi connectivity index (χ3v) is 2.66. The topological polar surface area (TPSA) is 79.8 Å². The molecule has 0 aliphatic heterocycles. The van der Waals surface area contributed by atoms with E-state index in [-0.39, 0.29) is 5.91 Å². The monoisotopic (exact) mass is 271 g/mol. The van der Waals surface area contributed by atoms with Gasteiger partial charge in [-0.3, -0.25) is 9.78 Å². The fourth-order valence-corrected chi connectivity index (χ4v) is 1.57. The van der Waals surface area contributed by atoms with Gasteiger partial charge in [0.1, 0.15) is 5.82 Å². The molecule has 0 atom stereocenters. The van der Waals surface area contributed by atoms with E-state index in [2.05, 4.69) is 25.8 Å². The van der Waals surface area contributed by atoms with Gasteiger partial charge in [0.2, 0.25) is 0 Å².